The molecule has 152 valence electrons. The zero-order chi connectivity index (χ0) is 21.5. The zero-order valence-electron chi connectivity index (χ0n) is 16.1. The van der Waals surface area contributed by atoms with Gasteiger partial charge < -0.3 is 0 Å². The second-order valence-electron chi connectivity index (χ2n) is 7.47. The molecule has 0 aliphatic heterocycles. The van der Waals surface area contributed by atoms with Crippen molar-refractivity contribution in [3.63, 3.8) is 0 Å². The first kappa shape index (κ1) is 21.8. The van der Waals surface area contributed by atoms with Crippen LogP contribution in [0.5, 0.6) is 0 Å². The number of rotatable bonds is 3. The molecule has 0 radical (unpaired) electrons. The number of thiophene rings is 1. The molecular weight excluding hydrogens is 453 g/mol. The number of hydrogen-bond donors (Lipinski definition) is 1. The van der Waals surface area contributed by atoms with Gasteiger partial charge in [-0.15, -0.1) is 11.3 Å². The summed E-state index contributed by atoms with van der Waals surface area (Å²) in [6, 6.07) is 8.62. The van der Waals surface area contributed by atoms with Crippen molar-refractivity contribution < 1.29 is 9.59 Å². The molecule has 1 aromatic carbocycles. The smallest absolute Gasteiger partial charge is 0.278 e. The van der Waals surface area contributed by atoms with Gasteiger partial charge in [0.1, 0.15) is 0 Å². The number of imide groups is 1. The molecule has 0 spiro atoms. The van der Waals surface area contributed by atoms with Gasteiger partial charge in [-0.25, -0.2) is 4.68 Å². The summed E-state index contributed by atoms with van der Waals surface area (Å²) >= 11 is 19.9. The summed E-state index contributed by atoms with van der Waals surface area (Å²) in [4.78, 5) is 25.9. The molecule has 0 unspecified atom stereocenters. The predicted molar refractivity (Wildman–Crippen MR) is 119 cm³/mol. The molecule has 3 rings (SSSR count). The number of nitrogens with zero attached hydrogens (tertiary/aromatic N) is 2. The summed E-state index contributed by atoms with van der Waals surface area (Å²) in [5.74, 6) is -0.961. The minimum Gasteiger partial charge on any atom is -0.290 e. The van der Waals surface area contributed by atoms with E-state index in [2.05, 4.69) is 10.4 Å². The highest BCUT2D eigenvalue weighted by Crippen LogP contribution is 2.37. The predicted octanol–water partition coefficient (Wildman–Crippen LogP) is 6.17. The fourth-order valence-corrected chi connectivity index (χ4v) is 4.24. The van der Waals surface area contributed by atoms with Crippen molar-refractivity contribution in [2.75, 3.05) is 0 Å². The molecular formula is C20H18Cl3N3O2S. The second kappa shape index (κ2) is 8.11. The topological polar surface area (TPSA) is 64.0 Å². The maximum atomic E-state index is 12.8. The lowest BCUT2D eigenvalue weighted by atomic mass is 9.95. The molecule has 0 saturated heterocycles. The molecule has 0 atom stereocenters. The van der Waals surface area contributed by atoms with Gasteiger partial charge in [-0.1, -0.05) is 55.6 Å². The van der Waals surface area contributed by atoms with Gasteiger partial charge in [0, 0.05) is 16.0 Å². The van der Waals surface area contributed by atoms with Gasteiger partial charge in [0.15, 0.2) is 5.69 Å². The summed E-state index contributed by atoms with van der Waals surface area (Å²) in [5.41, 5.74) is 1.25. The van der Waals surface area contributed by atoms with Gasteiger partial charge >= 0.3 is 0 Å². The fourth-order valence-electron chi connectivity index (χ4n) is 2.62. The Morgan fingerprint density at radius 2 is 1.79 bits per heavy atom. The molecule has 9 heteroatoms. The summed E-state index contributed by atoms with van der Waals surface area (Å²) in [6.45, 7) is 6.96. The lowest BCUT2D eigenvalue weighted by Gasteiger charge is -2.16. The lowest BCUT2D eigenvalue weighted by molar-refractivity contribution is -0.127. The van der Waals surface area contributed by atoms with Crippen molar-refractivity contribution in [1.29, 1.82) is 0 Å². The molecule has 29 heavy (non-hydrogen) atoms. The Balaban J connectivity index is 2.16. The van der Waals surface area contributed by atoms with Crippen LogP contribution in [0.3, 0.4) is 0 Å². The second-order valence-corrected chi connectivity index (χ2v) is 10.0. The molecule has 2 aromatic heterocycles. The Kier molecular flexibility index (Phi) is 6.11. The van der Waals surface area contributed by atoms with E-state index in [0.717, 1.165) is 4.88 Å². The molecule has 5 nitrogen and oxygen atoms in total. The van der Waals surface area contributed by atoms with Crippen molar-refractivity contribution >= 4 is 58.0 Å². The number of carbonyl (C=O) groups excluding carboxylic acids is 2. The molecule has 1 N–H and O–H groups in total. The monoisotopic (exact) mass is 469 g/mol. The molecule has 0 aliphatic rings. The number of aromatic nitrogens is 2. The zero-order valence-corrected chi connectivity index (χ0v) is 19.2. The largest absolute Gasteiger partial charge is 0.290 e. The van der Waals surface area contributed by atoms with Crippen LogP contribution in [0, 0.1) is 12.3 Å². The first-order chi connectivity index (χ1) is 13.5. The Morgan fingerprint density at radius 1 is 1.10 bits per heavy atom. The summed E-state index contributed by atoms with van der Waals surface area (Å²) < 4.78 is 2.18. The Morgan fingerprint density at radius 3 is 2.34 bits per heavy atom. The average molecular weight is 471 g/mol. The van der Waals surface area contributed by atoms with E-state index in [9.17, 15) is 9.59 Å². The Hall–Kier alpha value is -1.86. The number of halogens is 3. The molecule has 0 fully saturated rings. The van der Waals surface area contributed by atoms with Crippen molar-refractivity contribution in [2.24, 2.45) is 5.41 Å². The molecule has 3 aromatic rings. The molecule has 0 bridgehead atoms. The quantitative estimate of drug-likeness (QED) is 0.497. The third-order valence-corrected chi connectivity index (χ3v) is 5.97. The standard InChI is InChI=1S/C20H18Cl3N3O2S/c1-10-16(18(27)24-19(28)20(2,3)4)25-26(13-6-5-11(21)9-12(13)22)17(10)14-7-8-15(23)29-14/h5-9H,1-4H3,(H,24,27,28). The van der Waals surface area contributed by atoms with Gasteiger partial charge in [-0.3, -0.25) is 14.9 Å². The van der Waals surface area contributed by atoms with Gasteiger partial charge in [0.25, 0.3) is 5.91 Å². The van der Waals surface area contributed by atoms with Crippen molar-refractivity contribution in [2.45, 2.75) is 27.7 Å². The number of benzene rings is 1. The van der Waals surface area contributed by atoms with E-state index < -0.39 is 11.3 Å². The summed E-state index contributed by atoms with van der Waals surface area (Å²) in [7, 11) is 0. The Labute approximate surface area is 187 Å². The minimum atomic E-state index is -0.713. The number of carbonyl (C=O) groups is 2. The molecule has 2 heterocycles. The summed E-state index contributed by atoms with van der Waals surface area (Å²) in [6.07, 6.45) is 0. The van der Waals surface area contributed by atoms with Crippen LogP contribution in [0.15, 0.2) is 30.3 Å². The molecule has 0 aliphatic carbocycles. The normalized spacial score (nSPS) is 11.6. The van der Waals surface area contributed by atoms with E-state index in [1.165, 1.54) is 11.3 Å². The van der Waals surface area contributed by atoms with E-state index >= 15 is 0 Å². The van der Waals surface area contributed by atoms with Crippen molar-refractivity contribution in [1.82, 2.24) is 15.1 Å². The SMILES string of the molecule is Cc1c(C(=O)NC(=O)C(C)(C)C)nn(-c2ccc(Cl)cc2Cl)c1-c1ccc(Cl)s1. The van der Waals surface area contributed by atoms with Gasteiger partial charge in [0.2, 0.25) is 5.91 Å². The minimum absolute atomic E-state index is 0.133. The van der Waals surface area contributed by atoms with Crippen LogP contribution in [0.2, 0.25) is 14.4 Å². The summed E-state index contributed by atoms with van der Waals surface area (Å²) in [5, 5.41) is 7.76. The first-order valence-electron chi connectivity index (χ1n) is 8.65. The van der Waals surface area contributed by atoms with Crippen molar-refractivity contribution in [3.05, 3.63) is 56.0 Å². The third-order valence-electron chi connectivity index (χ3n) is 4.19. The van der Waals surface area contributed by atoms with E-state index in [1.807, 2.05) is 6.07 Å². The highest BCUT2D eigenvalue weighted by Gasteiger charge is 2.28. The van der Waals surface area contributed by atoms with Crippen LogP contribution in [0.1, 0.15) is 36.8 Å². The lowest BCUT2D eigenvalue weighted by Crippen LogP contribution is -2.39. The maximum Gasteiger partial charge on any atom is 0.278 e. The maximum absolute atomic E-state index is 12.8. The Bertz CT molecular complexity index is 1110. The number of hydrogen-bond acceptors (Lipinski definition) is 4. The van der Waals surface area contributed by atoms with Crippen LogP contribution in [0.25, 0.3) is 16.3 Å². The van der Waals surface area contributed by atoms with Crippen LogP contribution in [-0.4, -0.2) is 21.6 Å². The first-order valence-corrected chi connectivity index (χ1v) is 10.6. The van der Waals surface area contributed by atoms with E-state index in [1.54, 1.807) is 56.6 Å². The van der Waals surface area contributed by atoms with Crippen LogP contribution in [-0.2, 0) is 4.79 Å². The van der Waals surface area contributed by atoms with E-state index in [0.29, 0.717) is 31.3 Å². The fraction of sp³-hybridized carbons (Fsp3) is 0.250. The third kappa shape index (κ3) is 4.51. The number of amides is 2. The highest BCUT2D eigenvalue weighted by atomic mass is 35.5. The van der Waals surface area contributed by atoms with Crippen molar-refractivity contribution in [3.8, 4) is 16.3 Å². The van der Waals surface area contributed by atoms with E-state index in [-0.39, 0.29) is 11.6 Å². The van der Waals surface area contributed by atoms with Crippen LogP contribution < -0.4 is 5.32 Å². The van der Waals surface area contributed by atoms with Gasteiger partial charge in [-0.05, 0) is 37.3 Å². The van der Waals surface area contributed by atoms with Gasteiger partial charge in [-0.2, -0.15) is 5.10 Å². The highest BCUT2D eigenvalue weighted by molar-refractivity contribution is 7.19. The number of nitrogens with one attached hydrogen (secondary N) is 1. The van der Waals surface area contributed by atoms with E-state index in [4.69, 9.17) is 34.8 Å². The molecule has 0 saturated carbocycles. The van der Waals surface area contributed by atoms with Crippen LogP contribution in [0.4, 0.5) is 0 Å². The van der Waals surface area contributed by atoms with Gasteiger partial charge in [0.05, 0.1) is 25.6 Å². The van der Waals surface area contributed by atoms with Crippen LogP contribution >= 0.6 is 46.1 Å². The molecule has 2 amide bonds. The average Bonchev–Trinajstić information content (AvgIpc) is 3.17.